The minimum atomic E-state index is -4.81. The van der Waals surface area contributed by atoms with Gasteiger partial charge in [-0.1, -0.05) is 29.8 Å². The number of nitro groups is 1. The fraction of sp³-hybridized carbons (Fsp3) is 0.150. The van der Waals surface area contributed by atoms with Crippen molar-refractivity contribution in [3.05, 3.63) is 85.3 Å². The van der Waals surface area contributed by atoms with Gasteiger partial charge in [-0.2, -0.15) is 18.2 Å². The third-order valence-electron chi connectivity index (χ3n) is 4.30. The number of aromatic nitrogens is 2. The Morgan fingerprint density at radius 1 is 1.21 bits per heavy atom. The number of para-hydroxylation sites is 1. The van der Waals surface area contributed by atoms with Gasteiger partial charge in [0.2, 0.25) is 5.69 Å². The first-order valence-electron chi connectivity index (χ1n) is 9.31. The quantitative estimate of drug-likeness (QED) is 0.209. The minimum absolute atomic E-state index is 0.0626. The van der Waals surface area contributed by atoms with Gasteiger partial charge in [0.25, 0.3) is 11.2 Å². The van der Waals surface area contributed by atoms with E-state index in [1.54, 1.807) is 31.2 Å². The second-order valence-corrected chi connectivity index (χ2v) is 8.45. The summed E-state index contributed by atoms with van der Waals surface area (Å²) in [6.07, 6.45) is 0. The number of nitrogens with zero attached hydrogens (tertiary/aromatic N) is 3. The van der Waals surface area contributed by atoms with E-state index in [-0.39, 0.29) is 11.6 Å². The lowest BCUT2D eigenvalue weighted by atomic mass is 10.2. The zero-order chi connectivity index (χ0) is 24.3. The van der Waals surface area contributed by atoms with Crippen LogP contribution in [0.5, 0.6) is 5.75 Å². The lowest BCUT2D eigenvalue weighted by molar-refractivity contribution is -0.385. The van der Waals surface area contributed by atoms with E-state index in [0.717, 1.165) is 22.9 Å². The topological polar surface area (TPSA) is 148 Å². The molecule has 13 heteroatoms. The number of carbonyl (C=O) groups is 1. The van der Waals surface area contributed by atoms with E-state index in [1.165, 1.54) is 6.92 Å². The van der Waals surface area contributed by atoms with E-state index >= 15 is 0 Å². The SMILES string of the molecule is CCOC(=O)c1nn(-c2ccccc2C)c(=O)cc1OS(=O)(=O)c1cc([N+](=O)[O-])ccc1Cl. The fourth-order valence-corrected chi connectivity index (χ4v) is 4.20. The molecule has 0 aliphatic carbocycles. The number of hydrogen-bond acceptors (Lipinski definition) is 9. The molecule has 0 spiro atoms. The number of rotatable bonds is 7. The van der Waals surface area contributed by atoms with E-state index in [9.17, 15) is 28.1 Å². The molecule has 0 aliphatic rings. The zero-order valence-corrected chi connectivity index (χ0v) is 18.8. The van der Waals surface area contributed by atoms with Crippen molar-refractivity contribution in [1.29, 1.82) is 0 Å². The summed E-state index contributed by atoms with van der Waals surface area (Å²) < 4.78 is 36.5. The lowest BCUT2D eigenvalue weighted by Crippen LogP contribution is -2.26. The minimum Gasteiger partial charge on any atom is -0.461 e. The Bertz CT molecular complexity index is 1420. The highest BCUT2D eigenvalue weighted by atomic mass is 35.5. The van der Waals surface area contributed by atoms with Crippen molar-refractivity contribution in [1.82, 2.24) is 9.78 Å². The number of carbonyl (C=O) groups excluding carboxylic acids is 1. The standard InChI is InChI=1S/C20H16ClN3O8S/c1-3-31-20(26)19-16(11-18(25)23(22-19)15-7-5-4-6-12(15)2)32-33(29,30)17-10-13(24(27)28)8-9-14(17)21/h4-11H,3H2,1-2H3. The van der Waals surface area contributed by atoms with Crippen molar-refractivity contribution in [3.63, 3.8) is 0 Å². The third kappa shape index (κ3) is 5.02. The molecule has 172 valence electrons. The van der Waals surface area contributed by atoms with Gasteiger partial charge in [-0.3, -0.25) is 14.9 Å². The summed E-state index contributed by atoms with van der Waals surface area (Å²) in [5.74, 6) is -1.76. The Hall–Kier alpha value is -3.77. The van der Waals surface area contributed by atoms with Gasteiger partial charge in [0.1, 0.15) is 4.90 Å². The Morgan fingerprint density at radius 3 is 2.55 bits per heavy atom. The number of non-ortho nitro benzene ring substituents is 1. The molecule has 1 heterocycles. The average Bonchev–Trinajstić information content (AvgIpc) is 2.74. The van der Waals surface area contributed by atoms with E-state index in [0.29, 0.717) is 17.3 Å². The molecule has 0 saturated heterocycles. The van der Waals surface area contributed by atoms with Crippen molar-refractivity contribution >= 4 is 33.4 Å². The molecule has 0 fully saturated rings. The third-order valence-corrected chi connectivity index (χ3v) is 6.02. The van der Waals surface area contributed by atoms with Gasteiger partial charge in [0.15, 0.2) is 5.75 Å². The largest absolute Gasteiger partial charge is 0.461 e. The van der Waals surface area contributed by atoms with Crippen LogP contribution in [0, 0.1) is 17.0 Å². The number of nitro benzene ring substituents is 1. The van der Waals surface area contributed by atoms with E-state index in [2.05, 4.69) is 5.10 Å². The first-order chi connectivity index (χ1) is 15.5. The fourth-order valence-electron chi connectivity index (χ4n) is 2.78. The number of esters is 1. The van der Waals surface area contributed by atoms with Gasteiger partial charge in [0.05, 0.1) is 28.3 Å². The highest BCUT2D eigenvalue weighted by molar-refractivity contribution is 7.87. The van der Waals surface area contributed by atoms with Crippen LogP contribution in [0.4, 0.5) is 5.69 Å². The van der Waals surface area contributed by atoms with Crippen LogP contribution >= 0.6 is 11.6 Å². The summed E-state index contributed by atoms with van der Waals surface area (Å²) in [7, 11) is -4.81. The molecule has 11 nitrogen and oxygen atoms in total. The maximum Gasteiger partial charge on any atom is 0.362 e. The van der Waals surface area contributed by atoms with Gasteiger partial charge in [0, 0.05) is 12.1 Å². The van der Waals surface area contributed by atoms with Crippen LogP contribution in [0.15, 0.2) is 58.2 Å². The van der Waals surface area contributed by atoms with Crippen LogP contribution in [-0.4, -0.2) is 35.7 Å². The van der Waals surface area contributed by atoms with Gasteiger partial charge in [-0.25, -0.2) is 4.79 Å². The van der Waals surface area contributed by atoms with Crippen LogP contribution in [0.25, 0.3) is 5.69 Å². The second-order valence-electron chi connectivity index (χ2n) is 6.52. The Labute approximate surface area is 192 Å². The molecule has 2 aromatic carbocycles. The zero-order valence-electron chi connectivity index (χ0n) is 17.2. The van der Waals surface area contributed by atoms with E-state index < -0.39 is 48.6 Å². The molecule has 0 aliphatic heterocycles. The van der Waals surface area contributed by atoms with Crippen molar-refractivity contribution in [2.75, 3.05) is 6.61 Å². The summed E-state index contributed by atoms with van der Waals surface area (Å²) in [4.78, 5) is 34.7. The highest BCUT2D eigenvalue weighted by Gasteiger charge is 2.28. The molecular weight excluding hydrogens is 478 g/mol. The molecule has 3 aromatic rings. The summed E-state index contributed by atoms with van der Waals surface area (Å²) in [6, 6.07) is 10.2. The van der Waals surface area contributed by atoms with Crippen LogP contribution < -0.4 is 9.74 Å². The number of ether oxygens (including phenoxy) is 1. The normalized spacial score (nSPS) is 11.1. The average molecular weight is 494 g/mol. The summed E-state index contributed by atoms with van der Waals surface area (Å²) in [5.41, 5.74) is -0.937. The lowest BCUT2D eigenvalue weighted by Gasteiger charge is -2.14. The maximum atomic E-state index is 12.8. The van der Waals surface area contributed by atoms with Gasteiger partial charge in [-0.15, -0.1) is 0 Å². The van der Waals surface area contributed by atoms with Gasteiger partial charge < -0.3 is 8.92 Å². The molecule has 1 aromatic heterocycles. The van der Waals surface area contributed by atoms with Crippen LogP contribution in [-0.2, 0) is 14.9 Å². The molecular formula is C20H16ClN3O8S. The Balaban J connectivity index is 2.17. The molecule has 0 saturated carbocycles. The van der Waals surface area contributed by atoms with Gasteiger partial charge >= 0.3 is 16.1 Å². The van der Waals surface area contributed by atoms with Crippen molar-refractivity contribution in [2.45, 2.75) is 18.7 Å². The van der Waals surface area contributed by atoms with Gasteiger partial charge in [-0.05, 0) is 31.5 Å². The molecule has 0 unspecified atom stereocenters. The number of benzene rings is 2. The summed E-state index contributed by atoms with van der Waals surface area (Å²) >= 11 is 5.90. The van der Waals surface area contributed by atoms with Crippen molar-refractivity contribution in [3.8, 4) is 11.4 Å². The maximum absolute atomic E-state index is 12.8. The van der Waals surface area contributed by atoms with Crippen LogP contribution in [0.3, 0.4) is 0 Å². The Morgan fingerprint density at radius 2 is 1.91 bits per heavy atom. The van der Waals surface area contributed by atoms with E-state index in [1.807, 2.05) is 0 Å². The predicted molar refractivity (Wildman–Crippen MR) is 116 cm³/mol. The molecule has 3 rings (SSSR count). The summed E-state index contributed by atoms with van der Waals surface area (Å²) in [5, 5.41) is 14.6. The molecule has 33 heavy (non-hydrogen) atoms. The first-order valence-corrected chi connectivity index (χ1v) is 11.1. The van der Waals surface area contributed by atoms with E-state index in [4.69, 9.17) is 20.5 Å². The predicted octanol–water partition coefficient (Wildman–Crippen LogP) is 3.05. The number of halogens is 1. The highest BCUT2D eigenvalue weighted by Crippen LogP contribution is 2.29. The molecule has 0 radical (unpaired) electrons. The molecule has 0 N–H and O–H groups in total. The van der Waals surface area contributed by atoms with Crippen molar-refractivity contribution in [2.24, 2.45) is 0 Å². The van der Waals surface area contributed by atoms with Crippen molar-refractivity contribution < 1.29 is 27.1 Å². The number of hydrogen-bond donors (Lipinski definition) is 0. The van der Waals surface area contributed by atoms with Crippen LogP contribution in [0.2, 0.25) is 5.02 Å². The smallest absolute Gasteiger partial charge is 0.362 e. The monoisotopic (exact) mass is 493 g/mol. The molecule has 0 bridgehead atoms. The second kappa shape index (κ2) is 9.38. The Kier molecular flexibility index (Phi) is 6.79. The summed E-state index contributed by atoms with van der Waals surface area (Å²) in [6.45, 7) is 3.18. The number of aryl methyl sites for hydroxylation is 1. The molecule has 0 amide bonds. The first kappa shape index (κ1) is 23.9. The molecule has 0 atom stereocenters. The van der Waals surface area contributed by atoms with Crippen LogP contribution in [0.1, 0.15) is 23.0 Å².